The van der Waals surface area contributed by atoms with Gasteiger partial charge in [0.25, 0.3) is 5.22 Å². The molecule has 0 saturated carbocycles. The van der Waals surface area contributed by atoms with Crippen LogP contribution < -0.4 is 0 Å². The summed E-state index contributed by atoms with van der Waals surface area (Å²) in [6.45, 7) is 2.30. The van der Waals surface area contributed by atoms with Crippen molar-refractivity contribution in [3.63, 3.8) is 0 Å². The molecule has 0 fully saturated rings. The van der Waals surface area contributed by atoms with Crippen LogP contribution in [0, 0.1) is 0 Å². The van der Waals surface area contributed by atoms with Gasteiger partial charge in [-0.2, -0.15) is 4.98 Å². The molecule has 0 N–H and O–H groups in total. The van der Waals surface area contributed by atoms with Gasteiger partial charge < -0.3 is 13.7 Å². The molecule has 2 aromatic heterocycles. The van der Waals surface area contributed by atoms with Crippen LogP contribution in [0.5, 0.6) is 0 Å². The van der Waals surface area contributed by atoms with Gasteiger partial charge in [-0.15, -0.1) is 0 Å². The van der Waals surface area contributed by atoms with Gasteiger partial charge in [0, 0.05) is 7.11 Å². The number of methoxy groups -OCH3 is 1. The average Bonchev–Trinajstić information content (AvgIpc) is 3.04. The van der Waals surface area contributed by atoms with Crippen molar-refractivity contribution in [1.82, 2.24) is 15.1 Å². The monoisotopic (exact) mass is 291 g/mol. The summed E-state index contributed by atoms with van der Waals surface area (Å²) in [5.41, 5.74) is 1.61. The molecule has 1 atom stereocenters. The Kier molecular flexibility index (Phi) is 3.70. The van der Waals surface area contributed by atoms with Gasteiger partial charge in [-0.05, 0) is 19.1 Å². The smallest absolute Gasteiger partial charge is 0.257 e. The molecule has 7 heteroatoms. The van der Waals surface area contributed by atoms with E-state index < -0.39 is 0 Å². The molecular weight excluding hydrogens is 278 g/mol. The Labute approximate surface area is 119 Å². The third kappa shape index (κ3) is 2.68. The number of benzene rings is 1. The van der Waals surface area contributed by atoms with Gasteiger partial charge in [0.1, 0.15) is 12.1 Å². The Balaban J connectivity index is 1.75. The lowest BCUT2D eigenvalue weighted by Crippen LogP contribution is -1.92. The van der Waals surface area contributed by atoms with Crippen molar-refractivity contribution in [1.29, 1.82) is 0 Å². The van der Waals surface area contributed by atoms with Crippen molar-refractivity contribution in [2.45, 2.75) is 24.0 Å². The fourth-order valence-electron chi connectivity index (χ4n) is 1.72. The zero-order valence-electron chi connectivity index (χ0n) is 11.1. The Morgan fingerprint density at radius 1 is 1.30 bits per heavy atom. The van der Waals surface area contributed by atoms with Crippen LogP contribution in [0.25, 0.3) is 11.1 Å². The second-order valence-electron chi connectivity index (χ2n) is 4.19. The van der Waals surface area contributed by atoms with E-state index in [1.807, 2.05) is 31.2 Å². The molecule has 0 spiro atoms. The average molecular weight is 291 g/mol. The van der Waals surface area contributed by atoms with E-state index in [9.17, 15) is 0 Å². The number of rotatable bonds is 5. The van der Waals surface area contributed by atoms with Crippen LogP contribution in [0.4, 0.5) is 0 Å². The highest BCUT2D eigenvalue weighted by molar-refractivity contribution is 7.99. The number of thioether (sulfide) groups is 1. The molecule has 20 heavy (non-hydrogen) atoms. The maximum atomic E-state index is 5.65. The van der Waals surface area contributed by atoms with Crippen LogP contribution in [0.1, 0.15) is 23.9 Å². The summed E-state index contributed by atoms with van der Waals surface area (Å²) in [5, 5.41) is 4.38. The van der Waals surface area contributed by atoms with Gasteiger partial charge in [-0.1, -0.05) is 29.1 Å². The largest absolute Gasteiger partial charge is 0.431 e. The molecule has 0 saturated heterocycles. The lowest BCUT2D eigenvalue weighted by Gasteiger charge is -2.00. The molecule has 2 heterocycles. The van der Waals surface area contributed by atoms with Crippen molar-refractivity contribution < 1.29 is 13.7 Å². The topological polar surface area (TPSA) is 74.2 Å². The van der Waals surface area contributed by atoms with Crippen LogP contribution in [0.3, 0.4) is 0 Å². The van der Waals surface area contributed by atoms with E-state index in [2.05, 4.69) is 15.1 Å². The third-order valence-corrected chi connectivity index (χ3v) is 3.59. The molecule has 6 nitrogen and oxygen atoms in total. The first kappa shape index (κ1) is 13.1. The summed E-state index contributed by atoms with van der Waals surface area (Å²) in [7, 11) is 1.59. The Bertz CT molecular complexity index is 677. The number of hydrogen-bond donors (Lipinski definition) is 0. The first-order valence-corrected chi connectivity index (χ1v) is 6.98. The van der Waals surface area contributed by atoms with Gasteiger partial charge in [0.2, 0.25) is 5.89 Å². The van der Waals surface area contributed by atoms with Crippen molar-refractivity contribution in [3.05, 3.63) is 36.0 Å². The maximum Gasteiger partial charge on any atom is 0.257 e. The van der Waals surface area contributed by atoms with Crippen molar-refractivity contribution in [2.24, 2.45) is 0 Å². The summed E-state index contributed by atoms with van der Waals surface area (Å²) in [4.78, 5) is 8.66. The standard InChI is InChI=1S/C13H13N3O3S/c1-8(12-15-11(7-17-2)16-19-12)20-13-14-9-5-3-4-6-10(9)18-13/h3-6,8H,7H2,1-2H3. The van der Waals surface area contributed by atoms with E-state index in [1.165, 1.54) is 11.8 Å². The van der Waals surface area contributed by atoms with Crippen molar-refractivity contribution in [3.8, 4) is 0 Å². The number of oxazole rings is 1. The predicted molar refractivity (Wildman–Crippen MR) is 73.3 cm³/mol. The predicted octanol–water partition coefficient (Wildman–Crippen LogP) is 3.21. The van der Waals surface area contributed by atoms with E-state index in [4.69, 9.17) is 13.7 Å². The fourth-order valence-corrected chi connectivity index (χ4v) is 2.51. The second kappa shape index (κ2) is 5.64. The van der Waals surface area contributed by atoms with E-state index in [1.54, 1.807) is 7.11 Å². The molecule has 3 rings (SSSR count). The molecule has 0 radical (unpaired) electrons. The Morgan fingerprint density at radius 3 is 2.95 bits per heavy atom. The summed E-state index contributed by atoms with van der Waals surface area (Å²) >= 11 is 1.44. The third-order valence-electron chi connectivity index (χ3n) is 2.66. The van der Waals surface area contributed by atoms with Crippen LogP contribution in [-0.2, 0) is 11.3 Å². The molecular formula is C13H13N3O3S. The number of para-hydroxylation sites is 2. The van der Waals surface area contributed by atoms with Crippen molar-refractivity contribution >= 4 is 22.9 Å². The lowest BCUT2D eigenvalue weighted by atomic mass is 10.3. The molecule has 0 amide bonds. The molecule has 1 aromatic carbocycles. The summed E-state index contributed by atoms with van der Waals surface area (Å²) in [5.74, 6) is 1.07. The molecule has 0 bridgehead atoms. The molecule has 0 aliphatic carbocycles. The van der Waals surface area contributed by atoms with Gasteiger partial charge >= 0.3 is 0 Å². The number of ether oxygens (including phenoxy) is 1. The second-order valence-corrected chi connectivity index (χ2v) is 5.48. The Morgan fingerprint density at radius 2 is 2.15 bits per heavy atom. The first-order valence-electron chi connectivity index (χ1n) is 6.10. The molecule has 3 aromatic rings. The zero-order chi connectivity index (χ0) is 13.9. The summed E-state index contributed by atoms with van der Waals surface area (Å²) in [6.07, 6.45) is 0. The minimum atomic E-state index is -0.0406. The van der Waals surface area contributed by atoms with Gasteiger partial charge in [-0.3, -0.25) is 0 Å². The molecule has 104 valence electrons. The number of nitrogens with zero attached hydrogens (tertiary/aromatic N) is 3. The highest BCUT2D eigenvalue weighted by atomic mass is 32.2. The minimum absolute atomic E-state index is 0.0406. The van der Waals surface area contributed by atoms with E-state index in [0.29, 0.717) is 23.5 Å². The minimum Gasteiger partial charge on any atom is -0.431 e. The number of hydrogen-bond acceptors (Lipinski definition) is 7. The Hall–Kier alpha value is -1.86. The normalized spacial score (nSPS) is 12.9. The highest BCUT2D eigenvalue weighted by Gasteiger charge is 2.18. The quantitative estimate of drug-likeness (QED) is 0.668. The van der Waals surface area contributed by atoms with Crippen LogP contribution in [0.15, 0.2) is 38.4 Å². The number of aromatic nitrogens is 3. The van der Waals surface area contributed by atoms with E-state index in [0.717, 1.165) is 11.1 Å². The van der Waals surface area contributed by atoms with Crippen molar-refractivity contribution in [2.75, 3.05) is 7.11 Å². The van der Waals surface area contributed by atoms with Gasteiger partial charge in [0.15, 0.2) is 11.4 Å². The summed E-state index contributed by atoms with van der Waals surface area (Å²) in [6, 6.07) is 7.65. The molecule has 0 aliphatic heterocycles. The van der Waals surface area contributed by atoms with Crippen LogP contribution in [-0.4, -0.2) is 22.2 Å². The van der Waals surface area contributed by atoms with E-state index in [-0.39, 0.29) is 5.25 Å². The lowest BCUT2D eigenvalue weighted by molar-refractivity contribution is 0.174. The first-order chi connectivity index (χ1) is 9.76. The van der Waals surface area contributed by atoms with Gasteiger partial charge in [-0.25, -0.2) is 4.98 Å². The molecule has 1 unspecified atom stereocenters. The van der Waals surface area contributed by atoms with E-state index >= 15 is 0 Å². The van der Waals surface area contributed by atoms with Gasteiger partial charge in [0.05, 0.1) is 5.25 Å². The molecule has 0 aliphatic rings. The fraction of sp³-hybridized carbons (Fsp3) is 0.308. The maximum absolute atomic E-state index is 5.65. The van der Waals surface area contributed by atoms with Crippen LogP contribution in [0.2, 0.25) is 0 Å². The highest BCUT2D eigenvalue weighted by Crippen LogP contribution is 2.34. The SMILES string of the molecule is COCc1noc(C(C)Sc2nc3ccccc3o2)n1. The number of fused-ring (bicyclic) bond motifs is 1. The van der Waals surface area contributed by atoms with Crippen LogP contribution >= 0.6 is 11.8 Å². The zero-order valence-corrected chi connectivity index (χ0v) is 11.9. The summed E-state index contributed by atoms with van der Waals surface area (Å²) < 4.78 is 15.8.